The van der Waals surface area contributed by atoms with Gasteiger partial charge in [-0.05, 0) is 18.2 Å². The molecule has 2 N–H and O–H groups in total. The maximum Gasteiger partial charge on any atom is 0.434 e. The van der Waals surface area contributed by atoms with E-state index in [1.807, 2.05) is 0 Å². The molecule has 1 aromatic carbocycles. The van der Waals surface area contributed by atoms with Gasteiger partial charge in [0.1, 0.15) is 17.9 Å². The van der Waals surface area contributed by atoms with Crippen LogP contribution in [0.1, 0.15) is 21.6 Å². The van der Waals surface area contributed by atoms with Crippen LogP contribution in [0, 0.1) is 11.3 Å². The van der Waals surface area contributed by atoms with E-state index in [0.717, 1.165) is 0 Å². The molecule has 0 unspecified atom stereocenters. The van der Waals surface area contributed by atoms with Crippen LogP contribution in [0.25, 0.3) is 10.9 Å². The zero-order valence-corrected chi connectivity index (χ0v) is 9.32. The lowest BCUT2D eigenvalue weighted by molar-refractivity contribution is -0.141. The highest BCUT2D eigenvalue weighted by molar-refractivity contribution is 5.96. The van der Waals surface area contributed by atoms with Crippen LogP contribution in [-0.4, -0.2) is 11.3 Å². The van der Waals surface area contributed by atoms with E-state index in [-0.39, 0.29) is 22.2 Å². The van der Waals surface area contributed by atoms with Crippen molar-refractivity contribution in [2.75, 3.05) is 5.73 Å². The summed E-state index contributed by atoms with van der Waals surface area (Å²) in [7, 11) is 0. The van der Waals surface area contributed by atoms with Crippen molar-refractivity contribution in [2.24, 2.45) is 0 Å². The first kappa shape index (κ1) is 12.8. The Hall–Kier alpha value is -2.62. The molecule has 7 heteroatoms. The van der Waals surface area contributed by atoms with Crippen molar-refractivity contribution < 1.29 is 18.0 Å². The maximum atomic E-state index is 12.8. The lowest BCUT2D eigenvalue weighted by atomic mass is 10.0. The molecule has 0 spiro atoms. The number of nitrogens with zero attached hydrogens (tertiary/aromatic N) is 2. The van der Waals surface area contributed by atoms with Crippen LogP contribution >= 0.6 is 0 Å². The fourth-order valence-electron chi connectivity index (χ4n) is 1.70. The Bertz CT molecular complexity index is 717. The SMILES string of the molecule is N#Cc1c(C(F)(F)F)nc2ccc(C=O)cc2c1N. The zero-order chi connectivity index (χ0) is 14.2. The van der Waals surface area contributed by atoms with Crippen molar-refractivity contribution in [1.29, 1.82) is 5.26 Å². The summed E-state index contributed by atoms with van der Waals surface area (Å²) in [5.41, 5.74) is 3.41. The van der Waals surface area contributed by atoms with E-state index in [1.165, 1.54) is 24.3 Å². The second-order valence-electron chi connectivity index (χ2n) is 3.75. The molecular weight excluding hydrogens is 259 g/mol. The van der Waals surface area contributed by atoms with Crippen LogP contribution in [0.4, 0.5) is 18.9 Å². The number of nitrogen functional groups attached to an aromatic ring is 1. The van der Waals surface area contributed by atoms with E-state index in [9.17, 15) is 18.0 Å². The number of carbonyl (C=O) groups excluding carboxylic acids is 1. The Kier molecular flexibility index (Phi) is 2.86. The molecule has 0 fully saturated rings. The standard InChI is InChI=1S/C12H6F3N3O/c13-12(14,15)11-8(4-16)10(17)7-3-6(5-19)1-2-9(7)18-11/h1-3,5H,(H2,17,18). The number of alkyl halides is 3. The summed E-state index contributed by atoms with van der Waals surface area (Å²) < 4.78 is 38.3. The van der Waals surface area contributed by atoms with Gasteiger partial charge in [0, 0.05) is 10.9 Å². The van der Waals surface area contributed by atoms with Crippen molar-refractivity contribution in [2.45, 2.75) is 6.18 Å². The minimum Gasteiger partial charge on any atom is -0.397 e. The molecule has 1 heterocycles. The van der Waals surface area contributed by atoms with Crippen molar-refractivity contribution in [3.63, 3.8) is 0 Å². The highest BCUT2D eigenvalue weighted by Crippen LogP contribution is 2.35. The van der Waals surface area contributed by atoms with Gasteiger partial charge in [0.05, 0.1) is 11.2 Å². The zero-order valence-electron chi connectivity index (χ0n) is 9.32. The average molecular weight is 265 g/mol. The number of pyridine rings is 1. The molecule has 0 bridgehead atoms. The Morgan fingerprint density at radius 1 is 1.37 bits per heavy atom. The summed E-state index contributed by atoms with van der Waals surface area (Å²) in [5.74, 6) is 0. The largest absolute Gasteiger partial charge is 0.434 e. The molecule has 0 atom stereocenters. The number of halogens is 3. The number of aldehydes is 1. The summed E-state index contributed by atoms with van der Waals surface area (Å²) in [6, 6.07) is 5.28. The molecular formula is C12H6F3N3O. The van der Waals surface area contributed by atoms with E-state index >= 15 is 0 Å². The molecule has 1 aromatic heterocycles. The fourth-order valence-corrected chi connectivity index (χ4v) is 1.70. The van der Waals surface area contributed by atoms with Gasteiger partial charge in [-0.1, -0.05) is 0 Å². The first-order valence-electron chi connectivity index (χ1n) is 5.04. The summed E-state index contributed by atoms with van der Waals surface area (Å²) in [4.78, 5) is 14.0. The predicted octanol–water partition coefficient (Wildman–Crippen LogP) is 2.52. The average Bonchev–Trinajstić information content (AvgIpc) is 2.37. The van der Waals surface area contributed by atoms with Gasteiger partial charge < -0.3 is 5.73 Å². The molecule has 19 heavy (non-hydrogen) atoms. The van der Waals surface area contributed by atoms with Crippen LogP contribution in [0.15, 0.2) is 18.2 Å². The van der Waals surface area contributed by atoms with Crippen LogP contribution in [0.2, 0.25) is 0 Å². The lowest BCUT2D eigenvalue weighted by Gasteiger charge is -2.12. The first-order chi connectivity index (χ1) is 8.88. The molecule has 2 rings (SSSR count). The first-order valence-corrected chi connectivity index (χ1v) is 5.04. The second kappa shape index (κ2) is 4.24. The summed E-state index contributed by atoms with van der Waals surface area (Å²) in [5, 5.41) is 8.96. The number of aromatic nitrogens is 1. The van der Waals surface area contributed by atoms with Crippen molar-refractivity contribution in [3.05, 3.63) is 35.0 Å². The third-order valence-electron chi connectivity index (χ3n) is 2.57. The van der Waals surface area contributed by atoms with Crippen LogP contribution in [0.3, 0.4) is 0 Å². The van der Waals surface area contributed by atoms with Gasteiger partial charge in [-0.3, -0.25) is 4.79 Å². The number of carbonyl (C=O) groups is 1. The topological polar surface area (TPSA) is 79.8 Å². The molecule has 4 nitrogen and oxygen atoms in total. The van der Waals surface area contributed by atoms with Gasteiger partial charge >= 0.3 is 6.18 Å². The molecule has 0 aliphatic heterocycles. The van der Waals surface area contributed by atoms with E-state index in [1.54, 1.807) is 0 Å². The van der Waals surface area contributed by atoms with E-state index in [2.05, 4.69) is 4.98 Å². The monoisotopic (exact) mass is 265 g/mol. The summed E-state index contributed by atoms with van der Waals surface area (Å²) in [6.07, 6.45) is -4.24. The number of hydrogen-bond donors (Lipinski definition) is 1. The van der Waals surface area contributed by atoms with Gasteiger partial charge in [0.15, 0.2) is 5.69 Å². The maximum absolute atomic E-state index is 12.8. The fraction of sp³-hybridized carbons (Fsp3) is 0.0833. The molecule has 0 saturated carbocycles. The van der Waals surface area contributed by atoms with Gasteiger partial charge in [0.2, 0.25) is 0 Å². The minimum atomic E-state index is -4.77. The third kappa shape index (κ3) is 2.08. The molecule has 0 saturated heterocycles. The highest BCUT2D eigenvalue weighted by Gasteiger charge is 2.37. The Morgan fingerprint density at radius 2 is 2.05 bits per heavy atom. The number of rotatable bonds is 1. The molecule has 96 valence electrons. The van der Waals surface area contributed by atoms with Gasteiger partial charge in [-0.25, -0.2) is 4.98 Å². The number of benzene rings is 1. The van der Waals surface area contributed by atoms with Gasteiger partial charge in [-0.15, -0.1) is 0 Å². The molecule has 0 radical (unpaired) electrons. The number of fused-ring (bicyclic) bond motifs is 1. The van der Waals surface area contributed by atoms with Gasteiger partial charge in [0.25, 0.3) is 0 Å². The van der Waals surface area contributed by atoms with E-state index < -0.39 is 17.4 Å². The third-order valence-corrected chi connectivity index (χ3v) is 2.57. The molecule has 2 aromatic rings. The summed E-state index contributed by atoms with van der Waals surface area (Å²) in [6.45, 7) is 0. The Balaban J connectivity index is 2.90. The number of nitriles is 1. The van der Waals surface area contributed by atoms with Crippen LogP contribution < -0.4 is 5.73 Å². The Morgan fingerprint density at radius 3 is 2.58 bits per heavy atom. The minimum absolute atomic E-state index is 0.0191. The number of anilines is 1. The second-order valence-corrected chi connectivity index (χ2v) is 3.75. The predicted molar refractivity (Wildman–Crippen MR) is 61.3 cm³/mol. The van der Waals surface area contributed by atoms with E-state index in [4.69, 9.17) is 11.0 Å². The summed E-state index contributed by atoms with van der Waals surface area (Å²) >= 11 is 0. The molecule has 0 aliphatic carbocycles. The lowest BCUT2D eigenvalue weighted by Crippen LogP contribution is -2.13. The number of nitrogens with two attached hydrogens (primary N) is 1. The van der Waals surface area contributed by atoms with Crippen LogP contribution in [0.5, 0.6) is 0 Å². The molecule has 0 aliphatic rings. The van der Waals surface area contributed by atoms with Crippen LogP contribution in [-0.2, 0) is 6.18 Å². The normalized spacial score (nSPS) is 11.3. The van der Waals surface area contributed by atoms with E-state index in [0.29, 0.717) is 6.29 Å². The number of hydrogen-bond acceptors (Lipinski definition) is 4. The highest BCUT2D eigenvalue weighted by atomic mass is 19.4. The van der Waals surface area contributed by atoms with Crippen molar-refractivity contribution in [1.82, 2.24) is 4.98 Å². The molecule has 0 amide bonds. The van der Waals surface area contributed by atoms with Crippen molar-refractivity contribution in [3.8, 4) is 6.07 Å². The Labute approximate surface area is 105 Å². The van der Waals surface area contributed by atoms with Crippen molar-refractivity contribution >= 4 is 22.9 Å². The quantitative estimate of drug-likeness (QED) is 0.803. The smallest absolute Gasteiger partial charge is 0.397 e. The van der Waals surface area contributed by atoms with Gasteiger partial charge in [-0.2, -0.15) is 18.4 Å².